The zero-order valence-corrected chi connectivity index (χ0v) is 11.5. The zero-order chi connectivity index (χ0) is 14.2. The van der Waals surface area contributed by atoms with Crippen molar-refractivity contribution in [2.75, 3.05) is 0 Å². The minimum absolute atomic E-state index is 0.403. The third kappa shape index (κ3) is 2.15. The lowest BCUT2D eigenvalue weighted by atomic mass is 9.71. The Hall–Kier alpha value is -1.98. The maximum absolute atomic E-state index is 11.7. The van der Waals surface area contributed by atoms with Crippen LogP contribution in [0.3, 0.4) is 0 Å². The van der Waals surface area contributed by atoms with Crippen molar-refractivity contribution in [3.63, 3.8) is 0 Å². The van der Waals surface area contributed by atoms with Gasteiger partial charge in [-0.25, -0.2) is 0 Å². The summed E-state index contributed by atoms with van der Waals surface area (Å²) < 4.78 is 1.68. The lowest BCUT2D eigenvalue weighted by Gasteiger charge is -2.32. The van der Waals surface area contributed by atoms with Crippen molar-refractivity contribution in [3.8, 4) is 0 Å². The molecule has 2 heterocycles. The van der Waals surface area contributed by atoms with E-state index in [0.717, 1.165) is 25.0 Å². The van der Waals surface area contributed by atoms with E-state index < -0.39 is 11.4 Å². The first-order chi connectivity index (χ1) is 9.61. The van der Waals surface area contributed by atoms with Crippen molar-refractivity contribution >= 4 is 11.6 Å². The zero-order valence-electron chi connectivity index (χ0n) is 11.5. The second-order valence-electron chi connectivity index (χ2n) is 5.68. The van der Waals surface area contributed by atoms with E-state index in [9.17, 15) is 9.90 Å². The molecule has 6 nitrogen and oxygen atoms in total. The number of aryl methyl sites for hydroxylation is 1. The molecule has 1 fully saturated rings. The lowest BCUT2D eigenvalue weighted by molar-refractivity contribution is -0.151. The molecule has 0 aliphatic heterocycles. The molecule has 0 aromatic carbocycles. The van der Waals surface area contributed by atoms with Crippen molar-refractivity contribution in [1.82, 2.24) is 19.8 Å². The molecule has 2 aromatic heterocycles. The molecule has 0 atom stereocenters. The fraction of sp³-hybridized carbons (Fsp3) is 0.571. The first kappa shape index (κ1) is 13.0. The van der Waals surface area contributed by atoms with Crippen molar-refractivity contribution in [2.45, 2.75) is 45.4 Å². The summed E-state index contributed by atoms with van der Waals surface area (Å²) in [6.07, 6.45) is 4.88. The number of fused-ring (bicyclic) bond motifs is 1. The maximum Gasteiger partial charge on any atom is 0.310 e. The van der Waals surface area contributed by atoms with Gasteiger partial charge in [0.05, 0.1) is 11.1 Å². The van der Waals surface area contributed by atoms with Gasteiger partial charge >= 0.3 is 5.97 Å². The summed E-state index contributed by atoms with van der Waals surface area (Å²) in [5.74, 6) is -0.0744. The summed E-state index contributed by atoms with van der Waals surface area (Å²) in [6.45, 7) is 1.90. The molecule has 0 saturated heterocycles. The van der Waals surface area contributed by atoms with Crippen LogP contribution in [-0.2, 0) is 11.2 Å². The molecule has 2 aromatic rings. The molecule has 106 valence electrons. The number of hydrogen-bond donors (Lipinski definition) is 1. The molecule has 3 rings (SSSR count). The van der Waals surface area contributed by atoms with Gasteiger partial charge in [0.15, 0.2) is 11.5 Å². The predicted molar refractivity (Wildman–Crippen MR) is 72.4 cm³/mol. The van der Waals surface area contributed by atoms with Crippen LogP contribution >= 0.6 is 0 Å². The quantitative estimate of drug-likeness (QED) is 0.926. The Morgan fingerprint density at radius 1 is 1.30 bits per heavy atom. The van der Waals surface area contributed by atoms with Gasteiger partial charge in [0.25, 0.3) is 0 Å². The van der Waals surface area contributed by atoms with Crippen molar-refractivity contribution < 1.29 is 9.90 Å². The number of carboxylic acid groups (broad SMARTS) is 1. The molecule has 0 spiro atoms. The van der Waals surface area contributed by atoms with Crippen LogP contribution in [-0.4, -0.2) is 30.9 Å². The van der Waals surface area contributed by atoms with Crippen LogP contribution in [0, 0.1) is 12.3 Å². The molecule has 0 unspecified atom stereocenters. The fourth-order valence-electron chi connectivity index (χ4n) is 3.03. The van der Waals surface area contributed by atoms with Gasteiger partial charge < -0.3 is 5.11 Å². The first-order valence-corrected chi connectivity index (χ1v) is 7.02. The molecule has 1 saturated carbocycles. The lowest BCUT2D eigenvalue weighted by Crippen LogP contribution is -2.36. The van der Waals surface area contributed by atoms with Gasteiger partial charge in [0.1, 0.15) is 0 Å². The Balaban J connectivity index is 1.98. The SMILES string of the molecule is Cc1ccc2nnc(CC3(C(=O)O)CCCCC3)n2n1. The Morgan fingerprint density at radius 3 is 2.75 bits per heavy atom. The Bertz CT molecular complexity index is 644. The number of rotatable bonds is 3. The second kappa shape index (κ2) is 4.85. The highest BCUT2D eigenvalue weighted by Crippen LogP contribution is 2.39. The van der Waals surface area contributed by atoms with E-state index in [2.05, 4.69) is 15.3 Å². The molecule has 0 amide bonds. The number of carboxylic acids is 1. The van der Waals surface area contributed by atoms with E-state index in [1.807, 2.05) is 19.1 Å². The van der Waals surface area contributed by atoms with Gasteiger partial charge in [0.2, 0.25) is 0 Å². The smallest absolute Gasteiger partial charge is 0.310 e. The minimum Gasteiger partial charge on any atom is -0.481 e. The normalized spacial score (nSPS) is 18.2. The van der Waals surface area contributed by atoms with E-state index in [1.54, 1.807) is 4.52 Å². The Labute approximate surface area is 116 Å². The summed E-state index contributed by atoms with van der Waals surface area (Å²) in [5.41, 5.74) is 0.834. The first-order valence-electron chi connectivity index (χ1n) is 7.02. The van der Waals surface area contributed by atoms with Crippen LogP contribution in [0.15, 0.2) is 12.1 Å². The monoisotopic (exact) mass is 274 g/mol. The summed E-state index contributed by atoms with van der Waals surface area (Å²) in [6, 6.07) is 3.73. The van der Waals surface area contributed by atoms with Gasteiger partial charge in [0, 0.05) is 6.42 Å². The molecule has 6 heteroatoms. The van der Waals surface area contributed by atoms with Crippen LogP contribution in [0.1, 0.15) is 43.6 Å². The van der Waals surface area contributed by atoms with Crippen LogP contribution in [0.25, 0.3) is 5.65 Å². The van der Waals surface area contributed by atoms with E-state index in [-0.39, 0.29) is 0 Å². The van der Waals surface area contributed by atoms with E-state index in [0.29, 0.717) is 30.7 Å². The van der Waals surface area contributed by atoms with Gasteiger partial charge in [-0.1, -0.05) is 19.3 Å². The number of carbonyl (C=O) groups is 1. The molecule has 1 aliphatic rings. The van der Waals surface area contributed by atoms with E-state index >= 15 is 0 Å². The highest BCUT2D eigenvalue weighted by atomic mass is 16.4. The largest absolute Gasteiger partial charge is 0.481 e. The number of hydrogen-bond acceptors (Lipinski definition) is 4. The van der Waals surface area contributed by atoms with Crippen molar-refractivity contribution in [2.24, 2.45) is 5.41 Å². The molecule has 0 radical (unpaired) electrons. The van der Waals surface area contributed by atoms with Crippen molar-refractivity contribution in [1.29, 1.82) is 0 Å². The Kier molecular flexibility index (Phi) is 3.16. The number of nitrogens with zero attached hydrogens (tertiary/aromatic N) is 4. The van der Waals surface area contributed by atoms with Crippen molar-refractivity contribution in [3.05, 3.63) is 23.7 Å². The van der Waals surface area contributed by atoms with Crippen LogP contribution in [0.5, 0.6) is 0 Å². The topological polar surface area (TPSA) is 80.4 Å². The highest BCUT2D eigenvalue weighted by molar-refractivity contribution is 5.75. The van der Waals surface area contributed by atoms with Gasteiger partial charge in [-0.05, 0) is 31.9 Å². The predicted octanol–water partition coefficient (Wildman–Crippen LogP) is 2.01. The van der Waals surface area contributed by atoms with Gasteiger partial charge in [-0.3, -0.25) is 4.79 Å². The van der Waals surface area contributed by atoms with Crippen LogP contribution < -0.4 is 0 Å². The van der Waals surface area contributed by atoms with Crippen LogP contribution in [0.4, 0.5) is 0 Å². The summed E-state index contributed by atoms with van der Waals surface area (Å²) >= 11 is 0. The fourth-order valence-corrected chi connectivity index (χ4v) is 3.03. The Morgan fingerprint density at radius 2 is 2.05 bits per heavy atom. The average Bonchev–Trinajstić information content (AvgIpc) is 2.82. The second-order valence-corrected chi connectivity index (χ2v) is 5.68. The molecule has 1 N–H and O–H groups in total. The third-order valence-electron chi connectivity index (χ3n) is 4.22. The average molecular weight is 274 g/mol. The minimum atomic E-state index is -0.721. The molecular weight excluding hydrogens is 256 g/mol. The number of aliphatic carboxylic acids is 1. The maximum atomic E-state index is 11.7. The highest BCUT2D eigenvalue weighted by Gasteiger charge is 2.41. The van der Waals surface area contributed by atoms with Gasteiger partial charge in [-0.2, -0.15) is 9.61 Å². The molecular formula is C14H18N4O2. The summed E-state index contributed by atoms with van der Waals surface area (Å²) in [7, 11) is 0. The molecule has 20 heavy (non-hydrogen) atoms. The number of aromatic nitrogens is 4. The molecule has 1 aliphatic carbocycles. The van der Waals surface area contributed by atoms with E-state index in [1.165, 1.54) is 0 Å². The summed E-state index contributed by atoms with van der Waals surface area (Å²) in [5, 5.41) is 22.2. The third-order valence-corrected chi connectivity index (χ3v) is 4.22. The van der Waals surface area contributed by atoms with Crippen LogP contribution in [0.2, 0.25) is 0 Å². The van der Waals surface area contributed by atoms with Gasteiger partial charge in [-0.15, -0.1) is 10.2 Å². The standard InChI is InChI=1S/C14H18N4O2/c1-10-5-6-11-15-16-12(18(11)17-10)9-14(13(19)20)7-3-2-4-8-14/h5-6H,2-4,7-9H2,1H3,(H,19,20). The molecule has 0 bridgehead atoms. The van der Waals surface area contributed by atoms with E-state index in [4.69, 9.17) is 0 Å². The summed E-state index contributed by atoms with van der Waals surface area (Å²) in [4.78, 5) is 11.7.